The molecular weight excluding hydrogens is 286 g/mol. The second-order valence-corrected chi connectivity index (χ2v) is 5.78. The highest BCUT2D eigenvalue weighted by Crippen LogP contribution is 2.30. The Morgan fingerprint density at radius 1 is 1.43 bits per heavy atom. The molecule has 1 fully saturated rings. The zero-order valence-corrected chi connectivity index (χ0v) is 13.5. The molecule has 0 saturated carbocycles. The van der Waals surface area contributed by atoms with Crippen LogP contribution in [0.5, 0.6) is 0 Å². The summed E-state index contributed by atoms with van der Waals surface area (Å²) < 4.78 is 0. The molecule has 1 saturated heterocycles. The van der Waals surface area contributed by atoms with Gasteiger partial charge in [0, 0.05) is 19.6 Å². The Kier molecular flexibility index (Phi) is 5.88. The van der Waals surface area contributed by atoms with Crippen molar-refractivity contribution in [2.24, 2.45) is 0 Å². The first-order chi connectivity index (χ1) is 10.2. The standard InChI is InChI=1S/C16H24ClN3O/c1-3-7-18-11-12-5-6-15(13(17)10-12)20-9-8-19-16(21)14(20)4-2/h5-6,10,14,18H,3-4,7-9,11H2,1-2H3,(H,19,21). The fourth-order valence-corrected chi connectivity index (χ4v) is 3.02. The van der Waals surface area contributed by atoms with E-state index in [1.54, 1.807) is 0 Å². The number of nitrogens with zero attached hydrogens (tertiary/aromatic N) is 1. The van der Waals surface area contributed by atoms with Gasteiger partial charge in [0.25, 0.3) is 0 Å². The molecule has 2 N–H and O–H groups in total. The van der Waals surface area contributed by atoms with E-state index >= 15 is 0 Å². The fourth-order valence-electron chi connectivity index (χ4n) is 2.71. The number of benzene rings is 1. The minimum atomic E-state index is -0.125. The van der Waals surface area contributed by atoms with E-state index in [1.165, 1.54) is 5.56 Å². The lowest BCUT2D eigenvalue weighted by Gasteiger charge is -2.36. The van der Waals surface area contributed by atoms with Gasteiger partial charge in [-0.25, -0.2) is 0 Å². The highest BCUT2D eigenvalue weighted by molar-refractivity contribution is 6.33. The van der Waals surface area contributed by atoms with Gasteiger partial charge in [0.05, 0.1) is 10.7 Å². The lowest BCUT2D eigenvalue weighted by atomic mass is 10.1. The van der Waals surface area contributed by atoms with Gasteiger partial charge in [0.1, 0.15) is 6.04 Å². The van der Waals surface area contributed by atoms with E-state index in [0.717, 1.165) is 43.2 Å². The number of piperazine rings is 1. The third-order valence-electron chi connectivity index (χ3n) is 3.79. The van der Waals surface area contributed by atoms with Gasteiger partial charge in [0.15, 0.2) is 0 Å². The molecule has 21 heavy (non-hydrogen) atoms. The van der Waals surface area contributed by atoms with Crippen LogP contribution in [0, 0.1) is 0 Å². The molecule has 1 amide bonds. The Bertz CT molecular complexity index is 492. The van der Waals surface area contributed by atoms with E-state index in [2.05, 4.69) is 28.5 Å². The smallest absolute Gasteiger partial charge is 0.242 e. The van der Waals surface area contributed by atoms with Crippen LogP contribution >= 0.6 is 11.6 Å². The third kappa shape index (κ3) is 3.89. The second kappa shape index (κ2) is 7.66. The minimum absolute atomic E-state index is 0.0912. The van der Waals surface area contributed by atoms with Crippen LogP contribution in [0.1, 0.15) is 32.3 Å². The van der Waals surface area contributed by atoms with Gasteiger partial charge in [-0.15, -0.1) is 0 Å². The average molecular weight is 310 g/mol. The molecule has 4 nitrogen and oxygen atoms in total. The number of nitrogens with one attached hydrogen (secondary N) is 2. The largest absolute Gasteiger partial charge is 0.357 e. The van der Waals surface area contributed by atoms with Crippen molar-refractivity contribution < 1.29 is 4.79 Å². The van der Waals surface area contributed by atoms with Crippen molar-refractivity contribution in [3.63, 3.8) is 0 Å². The van der Waals surface area contributed by atoms with Crippen molar-refractivity contribution in [1.29, 1.82) is 0 Å². The zero-order chi connectivity index (χ0) is 15.2. The maximum Gasteiger partial charge on any atom is 0.242 e. The molecule has 0 radical (unpaired) electrons. The molecular formula is C16H24ClN3O. The predicted octanol–water partition coefficient (Wildman–Crippen LogP) is 2.55. The first-order valence-electron chi connectivity index (χ1n) is 7.70. The SMILES string of the molecule is CCCNCc1ccc(N2CCNC(=O)C2CC)c(Cl)c1. The summed E-state index contributed by atoms with van der Waals surface area (Å²) in [6, 6.07) is 5.99. The van der Waals surface area contributed by atoms with Crippen molar-refractivity contribution in [3.05, 3.63) is 28.8 Å². The molecule has 1 aliphatic rings. The number of carbonyl (C=O) groups is 1. The van der Waals surface area contributed by atoms with Crippen LogP contribution < -0.4 is 15.5 Å². The van der Waals surface area contributed by atoms with E-state index in [0.29, 0.717) is 6.54 Å². The molecule has 1 aromatic rings. The van der Waals surface area contributed by atoms with Gasteiger partial charge in [-0.3, -0.25) is 4.79 Å². The molecule has 1 unspecified atom stereocenters. The monoisotopic (exact) mass is 309 g/mol. The normalized spacial score (nSPS) is 18.7. The lowest BCUT2D eigenvalue weighted by molar-refractivity contribution is -0.123. The van der Waals surface area contributed by atoms with Crippen molar-refractivity contribution in [2.75, 3.05) is 24.5 Å². The van der Waals surface area contributed by atoms with Gasteiger partial charge in [-0.05, 0) is 37.1 Å². The highest BCUT2D eigenvalue weighted by atomic mass is 35.5. The topological polar surface area (TPSA) is 44.4 Å². The summed E-state index contributed by atoms with van der Waals surface area (Å²) >= 11 is 6.44. The Morgan fingerprint density at radius 2 is 2.24 bits per heavy atom. The van der Waals surface area contributed by atoms with Crippen molar-refractivity contribution in [1.82, 2.24) is 10.6 Å². The van der Waals surface area contributed by atoms with Crippen LogP contribution in [0.3, 0.4) is 0 Å². The third-order valence-corrected chi connectivity index (χ3v) is 4.10. The summed E-state index contributed by atoms with van der Waals surface area (Å²) in [6.07, 6.45) is 1.90. The molecule has 0 spiro atoms. The van der Waals surface area contributed by atoms with Crippen LogP contribution in [0.2, 0.25) is 5.02 Å². The summed E-state index contributed by atoms with van der Waals surface area (Å²) in [5, 5.41) is 7.00. The maximum atomic E-state index is 12.0. The molecule has 1 aliphatic heterocycles. The number of anilines is 1. The number of rotatable bonds is 6. The average Bonchev–Trinajstić information content (AvgIpc) is 2.47. The molecule has 1 atom stereocenters. The van der Waals surface area contributed by atoms with Crippen molar-refractivity contribution in [2.45, 2.75) is 39.3 Å². The van der Waals surface area contributed by atoms with Gasteiger partial charge in [0.2, 0.25) is 5.91 Å². The number of hydrogen-bond acceptors (Lipinski definition) is 3. The number of hydrogen-bond donors (Lipinski definition) is 2. The van der Waals surface area contributed by atoms with Gasteiger partial charge >= 0.3 is 0 Å². The van der Waals surface area contributed by atoms with Gasteiger partial charge in [-0.2, -0.15) is 0 Å². The van der Waals surface area contributed by atoms with E-state index in [1.807, 2.05) is 19.1 Å². The molecule has 1 heterocycles. The van der Waals surface area contributed by atoms with E-state index in [9.17, 15) is 4.79 Å². The van der Waals surface area contributed by atoms with Crippen LogP contribution in [0.15, 0.2) is 18.2 Å². The number of halogens is 1. The second-order valence-electron chi connectivity index (χ2n) is 5.37. The Labute approximate surface area is 131 Å². The molecule has 1 aromatic carbocycles. The molecule has 0 aliphatic carbocycles. The Balaban J connectivity index is 2.14. The molecule has 0 bridgehead atoms. The minimum Gasteiger partial charge on any atom is -0.357 e. The summed E-state index contributed by atoms with van der Waals surface area (Å²) in [4.78, 5) is 14.1. The molecule has 5 heteroatoms. The van der Waals surface area contributed by atoms with Crippen molar-refractivity contribution >= 4 is 23.2 Å². The van der Waals surface area contributed by atoms with E-state index in [-0.39, 0.29) is 11.9 Å². The summed E-state index contributed by atoms with van der Waals surface area (Å²) in [6.45, 7) is 7.48. The predicted molar refractivity (Wildman–Crippen MR) is 87.9 cm³/mol. The van der Waals surface area contributed by atoms with Crippen LogP contribution in [-0.4, -0.2) is 31.6 Å². The first-order valence-corrected chi connectivity index (χ1v) is 8.08. The highest BCUT2D eigenvalue weighted by Gasteiger charge is 2.29. The molecule has 116 valence electrons. The van der Waals surface area contributed by atoms with Crippen LogP contribution in [-0.2, 0) is 11.3 Å². The lowest BCUT2D eigenvalue weighted by Crippen LogP contribution is -2.55. The maximum absolute atomic E-state index is 12.0. The van der Waals surface area contributed by atoms with Gasteiger partial charge in [-0.1, -0.05) is 31.5 Å². The first kappa shape index (κ1) is 16.1. The number of amides is 1. The summed E-state index contributed by atoms with van der Waals surface area (Å²) in [7, 11) is 0. The fraction of sp³-hybridized carbons (Fsp3) is 0.562. The summed E-state index contributed by atoms with van der Waals surface area (Å²) in [5.41, 5.74) is 2.13. The zero-order valence-electron chi connectivity index (χ0n) is 12.8. The molecule has 2 rings (SSSR count). The van der Waals surface area contributed by atoms with Gasteiger partial charge < -0.3 is 15.5 Å². The Morgan fingerprint density at radius 3 is 2.90 bits per heavy atom. The van der Waals surface area contributed by atoms with Crippen LogP contribution in [0.25, 0.3) is 0 Å². The number of carbonyl (C=O) groups excluding carboxylic acids is 1. The van der Waals surface area contributed by atoms with E-state index < -0.39 is 0 Å². The quantitative estimate of drug-likeness (QED) is 0.794. The van der Waals surface area contributed by atoms with E-state index in [4.69, 9.17) is 11.6 Å². The Hall–Kier alpha value is -1.26. The summed E-state index contributed by atoms with van der Waals surface area (Å²) in [5.74, 6) is 0.0912. The van der Waals surface area contributed by atoms with Crippen molar-refractivity contribution in [3.8, 4) is 0 Å². The van der Waals surface area contributed by atoms with Crippen LogP contribution in [0.4, 0.5) is 5.69 Å². The molecule has 0 aromatic heterocycles.